The van der Waals surface area contributed by atoms with Crippen LogP contribution in [0.5, 0.6) is 23.0 Å². The van der Waals surface area contributed by atoms with Gasteiger partial charge in [0.05, 0.1) is 18.8 Å². The van der Waals surface area contributed by atoms with Crippen LogP contribution < -0.4 is 18.9 Å². The van der Waals surface area contributed by atoms with Gasteiger partial charge in [-0.2, -0.15) is 0 Å². The Morgan fingerprint density at radius 3 is 2.57 bits per heavy atom. The monoisotopic (exact) mass is 506 g/mol. The SMILES string of the molecule is COCCOc1cc(OCc2ccccc2)ccc1C(=O)COc1c(CO)ccc2c1CCC(C)(C)O2. The molecule has 0 saturated carbocycles. The fourth-order valence-corrected chi connectivity index (χ4v) is 4.20. The number of carbonyl (C=O) groups is 1. The number of rotatable bonds is 12. The zero-order valence-corrected chi connectivity index (χ0v) is 21.6. The van der Waals surface area contributed by atoms with Crippen LogP contribution in [-0.2, 0) is 24.4 Å². The minimum atomic E-state index is -0.278. The van der Waals surface area contributed by atoms with Gasteiger partial charge in [-0.15, -0.1) is 0 Å². The Balaban J connectivity index is 1.51. The van der Waals surface area contributed by atoms with E-state index in [-0.39, 0.29) is 31.2 Å². The zero-order chi connectivity index (χ0) is 26.3. The maximum atomic E-state index is 13.3. The van der Waals surface area contributed by atoms with E-state index in [0.29, 0.717) is 41.6 Å². The van der Waals surface area contributed by atoms with Gasteiger partial charge in [0, 0.05) is 24.3 Å². The lowest BCUT2D eigenvalue weighted by Crippen LogP contribution is -2.33. The van der Waals surface area contributed by atoms with Gasteiger partial charge in [-0.25, -0.2) is 0 Å². The van der Waals surface area contributed by atoms with Crippen molar-refractivity contribution in [2.75, 3.05) is 26.9 Å². The van der Waals surface area contributed by atoms with E-state index in [1.807, 2.05) is 50.2 Å². The highest BCUT2D eigenvalue weighted by Crippen LogP contribution is 2.40. The van der Waals surface area contributed by atoms with Crippen molar-refractivity contribution in [3.8, 4) is 23.0 Å². The van der Waals surface area contributed by atoms with E-state index >= 15 is 0 Å². The number of ketones is 1. The molecule has 3 aromatic rings. The maximum Gasteiger partial charge on any atom is 0.203 e. The maximum absolute atomic E-state index is 13.3. The molecule has 0 amide bonds. The van der Waals surface area contributed by atoms with Crippen molar-refractivity contribution in [3.05, 3.63) is 82.9 Å². The van der Waals surface area contributed by atoms with E-state index in [2.05, 4.69) is 0 Å². The Labute approximate surface area is 217 Å². The van der Waals surface area contributed by atoms with Crippen LogP contribution in [0.4, 0.5) is 0 Å². The molecule has 37 heavy (non-hydrogen) atoms. The van der Waals surface area contributed by atoms with Gasteiger partial charge in [0.1, 0.15) is 41.8 Å². The Hall–Kier alpha value is -3.55. The molecule has 1 aliphatic heterocycles. The van der Waals surface area contributed by atoms with Gasteiger partial charge < -0.3 is 28.8 Å². The fraction of sp³-hybridized carbons (Fsp3) is 0.367. The van der Waals surface area contributed by atoms with E-state index in [9.17, 15) is 9.90 Å². The number of hydrogen-bond acceptors (Lipinski definition) is 7. The summed E-state index contributed by atoms with van der Waals surface area (Å²) in [6.45, 7) is 4.74. The molecule has 1 aliphatic rings. The van der Waals surface area contributed by atoms with Crippen LogP contribution in [0.3, 0.4) is 0 Å². The quantitative estimate of drug-likeness (QED) is 0.269. The van der Waals surface area contributed by atoms with Crippen molar-refractivity contribution >= 4 is 5.78 Å². The summed E-state index contributed by atoms with van der Waals surface area (Å²) in [5.41, 5.74) is 2.64. The van der Waals surface area contributed by atoms with Crippen molar-refractivity contribution in [1.82, 2.24) is 0 Å². The molecule has 7 heteroatoms. The summed E-state index contributed by atoms with van der Waals surface area (Å²) < 4.78 is 29.0. The lowest BCUT2D eigenvalue weighted by Gasteiger charge is -2.33. The van der Waals surface area contributed by atoms with Crippen molar-refractivity contribution in [1.29, 1.82) is 0 Å². The first kappa shape index (κ1) is 26.5. The molecule has 1 heterocycles. The fourth-order valence-electron chi connectivity index (χ4n) is 4.20. The standard InChI is InChI=1S/C30H34O7/c1-30(2)14-13-25-27(37-30)12-9-22(18-31)29(25)36-20-26(32)24-11-10-23(17-28(24)34-16-15-33-3)35-19-21-7-5-4-6-8-21/h4-12,17,31H,13-16,18-20H2,1-3H3. The molecule has 0 radical (unpaired) electrons. The molecule has 1 N–H and O–H groups in total. The second kappa shape index (κ2) is 12.1. The first-order valence-corrected chi connectivity index (χ1v) is 12.4. The van der Waals surface area contributed by atoms with Crippen LogP contribution in [0.15, 0.2) is 60.7 Å². The third kappa shape index (κ3) is 6.81. The van der Waals surface area contributed by atoms with Crippen LogP contribution in [0.25, 0.3) is 0 Å². The minimum absolute atomic E-state index is 0.195. The van der Waals surface area contributed by atoms with Gasteiger partial charge in [0.15, 0.2) is 6.61 Å². The van der Waals surface area contributed by atoms with Gasteiger partial charge >= 0.3 is 0 Å². The van der Waals surface area contributed by atoms with Crippen molar-refractivity contribution < 1.29 is 33.6 Å². The van der Waals surface area contributed by atoms with Gasteiger partial charge in [0.25, 0.3) is 0 Å². The number of aliphatic hydroxyl groups is 1. The number of methoxy groups -OCH3 is 1. The first-order valence-electron chi connectivity index (χ1n) is 12.4. The number of Topliss-reactive ketones (excluding diaryl/α,β-unsaturated/α-hetero) is 1. The van der Waals surface area contributed by atoms with Crippen molar-refractivity contribution in [3.63, 3.8) is 0 Å². The van der Waals surface area contributed by atoms with E-state index in [4.69, 9.17) is 23.7 Å². The first-order chi connectivity index (χ1) is 17.9. The predicted octanol–water partition coefficient (Wildman–Crippen LogP) is 5.15. The van der Waals surface area contributed by atoms with Gasteiger partial charge in [-0.1, -0.05) is 30.3 Å². The molecule has 196 valence electrons. The third-order valence-corrected chi connectivity index (χ3v) is 6.23. The molecule has 0 aromatic heterocycles. The Morgan fingerprint density at radius 1 is 1.00 bits per heavy atom. The Morgan fingerprint density at radius 2 is 1.81 bits per heavy atom. The summed E-state index contributed by atoms with van der Waals surface area (Å²) in [6.07, 6.45) is 1.54. The number of fused-ring (bicyclic) bond motifs is 1. The molecule has 3 aromatic carbocycles. The molecule has 0 aliphatic carbocycles. The number of benzene rings is 3. The largest absolute Gasteiger partial charge is 0.490 e. The van der Waals surface area contributed by atoms with Gasteiger partial charge in [-0.05, 0) is 56.5 Å². The average Bonchev–Trinajstić information content (AvgIpc) is 2.90. The average molecular weight is 507 g/mol. The molecule has 4 rings (SSSR count). The summed E-state index contributed by atoms with van der Waals surface area (Å²) in [5.74, 6) is 1.97. The zero-order valence-electron chi connectivity index (χ0n) is 21.6. The lowest BCUT2D eigenvalue weighted by molar-refractivity contribution is 0.0812. The second-order valence-electron chi connectivity index (χ2n) is 9.54. The van der Waals surface area contributed by atoms with Crippen LogP contribution in [0.1, 0.15) is 47.3 Å². The number of aliphatic hydroxyl groups excluding tert-OH is 1. The van der Waals surface area contributed by atoms with Crippen LogP contribution in [-0.4, -0.2) is 43.4 Å². The van der Waals surface area contributed by atoms with Gasteiger partial charge in [0.2, 0.25) is 5.78 Å². The molecular weight excluding hydrogens is 472 g/mol. The second-order valence-corrected chi connectivity index (χ2v) is 9.54. The van der Waals surface area contributed by atoms with Crippen molar-refractivity contribution in [2.45, 2.75) is 45.5 Å². The normalized spacial score (nSPS) is 13.8. The summed E-state index contributed by atoms with van der Waals surface area (Å²) >= 11 is 0. The van der Waals surface area contributed by atoms with E-state index in [1.54, 1.807) is 31.4 Å². The Kier molecular flexibility index (Phi) is 8.69. The van der Waals surface area contributed by atoms with Crippen molar-refractivity contribution in [2.24, 2.45) is 0 Å². The molecule has 0 atom stereocenters. The molecule has 0 unspecified atom stereocenters. The van der Waals surface area contributed by atoms with Gasteiger partial charge in [-0.3, -0.25) is 4.79 Å². The summed E-state index contributed by atoms with van der Waals surface area (Å²) in [4.78, 5) is 13.3. The lowest BCUT2D eigenvalue weighted by atomic mass is 9.92. The van der Waals surface area contributed by atoms with E-state index < -0.39 is 0 Å². The molecule has 7 nitrogen and oxygen atoms in total. The number of carbonyl (C=O) groups excluding carboxylic acids is 1. The van der Waals surface area contributed by atoms with Crippen LogP contribution in [0.2, 0.25) is 0 Å². The van der Waals surface area contributed by atoms with Crippen LogP contribution >= 0.6 is 0 Å². The minimum Gasteiger partial charge on any atom is -0.490 e. The smallest absolute Gasteiger partial charge is 0.203 e. The van der Waals surface area contributed by atoms with E-state index in [1.165, 1.54) is 0 Å². The highest BCUT2D eigenvalue weighted by atomic mass is 16.5. The number of ether oxygens (including phenoxy) is 5. The highest BCUT2D eigenvalue weighted by molar-refractivity contribution is 6.00. The predicted molar refractivity (Wildman–Crippen MR) is 140 cm³/mol. The van der Waals surface area contributed by atoms with E-state index in [0.717, 1.165) is 29.7 Å². The third-order valence-electron chi connectivity index (χ3n) is 6.23. The molecule has 0 saturated heterocycles. The van der Waals surface area contributed by atoms with Crippen LogP contribution in [0, 0.1) is 0 Å². The Bertz CT molecular complexity index is 1200. The summed E-state index contributed by atoms with van der Waals surface area (Å²) in [6, 6.07) is 18.6. The molecule has 0 spiro atoms. The molecule has 0 fully saturated rings. The summed E-state index contributed by atoms with van der Waals surface area (Å²) in [7, 11) is 1.59. The topological polar surface area (TPSA) is 83.5 Å². The number of hydrogen-bond donors (Lipinski definition) is 1. The highest BCUT2D eigenvalue weighted by Gasteiger charge is 2.30. The molecule has 0 bridgehead atoms. The molecular formula is C30H34O7. The summed E-state index contributed by atoms with van der Waals surface area (Å²) in [5, 5.41) is 9.88.